The Morgan fingerprint density at radius 2 is 1.71 bits per heavy atom. The van der Waals surface area contributed by atoms with E-state index in [9.17, 15) is 0 Å². The van der Waals surface area contributed by atoms with Gasteiger partial charge in [0.2, 0.25) is 0 Å². The second-order valence-corrected chi connectivity index (χ2v) is 18.2. The molecular formula is C7H7Cl4N2Ru-. The van der Waals surface area contributed by atoms with Crippen LogP contribution in [0.5, 0.6) is 0 Å². The van der Waals surface area contributed by atoms with Gasteiger partial charge in [-0.05, 0) is 11.6 Å². The SMILES string of the molecule is [Cl][Ru]([Cl])([Cl])[Cl].c1ccc2c(c1)C[N-]N2. The number of hydrogen-bond donors (Lipinski definition) is 1. The number of hydrogen-bond acceptors (Lipinski definition) is 1. The van der Waals surface area contributed by atoms with Crippen molar-refractivity contribution >= 4 is 44.5 Å². The van der Waals surface area contributed by atoms with E-state index in [-0.39, 0.29) is 0 Å². The summed E-state index contributed by atoms with van der Waals surface area (Å²) in [6.45, 7) is 0.816. The van der Waals surface area contributed by atoms with Gasteiger partial charge in [-0.2, -0.15) is 0 Å². The monoisotopic (exact) mass is 361 g/mol. The summed E-state index contributed by atoms with van der Waals surface area (Å²) in [6.07, 6.45) is 0. The van der Waals surface area contributed by atoms with E-state index in [4.69, 9.17) is 38.8 Å². The molecule has 1 N–H and O–H groups in total. The van der Waals surface area contributed by atoms with E-state index in [0.717, 1.165) is 12.2 Å². The van der Waals surface area contributed by atoms with Gasteiger partial charge in [-0.15, -0.1) is 6.54 Å². The van der Waals surface area contributed by atoms with Crippen LogP contribution >= 0.6 is 38.8 Å². The fourth-order valence-electron chi connectivity index (χ4n) is 0.977. The van der Waals surface area contributed by atoms with Crippen molar-refractivity contribution in [1.29, 1.82) is 0 Å². The molecule has 1 aromatic rings. The molecule has 0 fully saturated rings. The number of rotatable bonds is 0. The Kier molecular flexibility index (Phi) is 5.26. The number of para-hydroxylation sites is 1. The molecule has 0 amide bonds. The zero-order valence-electron chi connectivity index (χ0n) is 6.83. The second-order valence-electron chi connectivity index (χ2n) is 2.39. The predicted octanol–water partition coefficient (Wildman–Crippen LogP) is 4.66. The molecule has 14 heavy (non-hydrogen) atoms. The van der Waals surface area contributed by atoms with Crippen LogP contribution in [0.25, 0.3) is 5.43 Å². The Morgan fingerprint density at radius 1 is 1.14 bits per heavy atom. The third-order valence-electron chi connectivity index (χ3n) is 1.47. The summed E-state index contributed by atoms with van der Waals surface area (Å²) in [5.41, 5.74) is 9.37. The first-order chi connectivity index (χ1) is 6.47. The molecule has 7 heteroatoms. The summed E-state index contributed by atoms with van der Waals surface area (Å²) >= 11 is 0. The van der Waals surface area contributed by atoms with E-state index in [2.05, 4.69) is 16.9 Å². The molecule has 82 valence electrons. The van der Waals surface area contributed by atoms with Crippen LogP contribution in [0.2, 0.25) is 0 Å². The smallest absolute Gasteiger partial charge is 0.0185 e. The number of fused-ring (bicyclic) bond motifs is 1. The summed E-state index contributed by atoms with van der Waals surface area (Å²) in [5, 5.41) is 0. The van der Waals surface area contributed by atoms with Crippen molar-refractivity contribution in [2.45, 2.75) is 6.54 Å². The Morgan fingerprint density at radius 3 is 2.29 bits per heavy atom. The summed E-state index contributed by atoms with van der Waals surface area (Å²) < 4.78 is 0. The Bertz CT molecular complexity index is 273. The molecule has 0 spiro atoms. The van der Waals surface area contributed by atoms with Gasteiger partial charge in [0.25, 0.3) is 0 Å². The van der Waals surface area contributed by atoms with Crippen LogP contribution in [0, 0.1) is 0 Å². The maximum Gasteiger partial charge on any atom is 0.0185 e. The normalized spacial score (nSPS) is 14.9. The quantitative estimate of drug-likeness (QED) is 0.668. The molecule has 0 saturated carbocycles. The standard InChI is InChI=1S/C7H7N2.4ClH.Ru/c1-2-4-7-6(3-1)5-8-9-7;;;;;/h1-4,9H,5H2;4*1H;/q-1;;;;;+4/p-4. The van der Waals surface area contributed by atoms with Gasteiger partial charge in [-0.1, -0.05) is 18.2 Å². The summed E-state index contributed by atoms with van der Waals surface area (Å²) in [6, 6.07) is 8.15. The molecule has 0 aromatic heterocycles. The van der Waals surface area contributed by atoms with Gasteiger partial charge in [-0.3, -0.25) is 0 Å². The first kappa shape index (κ1) is 12.8. The number of nitrogens with one attached hydrogen (secondary N) is 1. The van der Waals surface area contributed by atoms with Gasteiger partial charge in [0, 0.05) is 5.69 Å². The molecular weight excluding hydrogens is 355 g/mol. The molecule has 0 radical (unpaired) electrons. The minimum Gasteiger partial charge on any atom is -0.567 e. The zero-order valence-corrected chi connectivity index (χ0v) is 11.6. The van der Waals surface area contributed by atoms with Gasteiger partial charge in [-0.25, -0.2) is 0 Å². The number of halogens is 4. The predicted molar refractivity (Wildman–Crippen MR) is 60.5 cm³/mol. The van der Waals surface area contributed by atoms with Crippen LogP contribution in [0.1, 0.15) is 5.56 Å². The number of benzene rings is 1. The Hall–Kier alpha value is 0.763. The van der Waals surface area contributed by atoms with Gasteiger partial charge in [0.15, 0.2) is 0 Å². The van der Waals surface area contributed by atoms with Crippen molar-refractivity contribution in [2.75, 3.05) is 5.43 Å². The van der Waals surface area contributed by atoms with E-state index in [1.807, 2.05) is 18.2 Å². The van der Waals surface area contributed by atoms with Crippen molar-refractivity contribution in [3.05, 3.63) is 35.3 Å². The fourth-order valence-corrected chi connectivity index (χ4v) is 0.977. The van der Waals surface area contributed by atoms with Crippen LogP contribution in [0.3, 0.4) is 0 Å². The number of nitrogens with zero attached hydrogens (tertiary/aromatic N) is 1. The summed E-state index contributed by atoms with van der Waals surface area (Å²) in [5.74, 6) is 0. The molecule has 0 bridgehead atoms. The van der Waals surface area contributed by atoms with Crippen LogP contribution < -0.4 is 5.43 Å². The van der Waals surface area contributed by atoms with Crippen molar-refractivity contribution in [3.63, 3.8) is 0 Å². The maximum absolute atomic E-state index is 5.00. The van der Waals surface area contributed by atoms with Crippen molar-refractivity contribution in [3.8, 4) is 0 Å². The van der Waals surface area contributed by atoms with Gasteiger partial charge >= 0.3 is 49.6 Å². The second kappa shape index (κ2) is 5.74. The van der Waals surface area contributed by atoms with E-state index < -0.39 is 10.8 Å². The minimum atomic E-state index is -2.97. The number of anilines is 1. The van der Waals surface area contributed by atoms with Crippen molar-refractivity contribution in [2.24, 2.45) is 0 Å². The molecule has 1 aliphatic rings. The average molecular weight is 362 g/mol. The Labute approximate surface area is 102 Å². The van der Waals surface area contributed by atoms with E-state index in [1.165, 1.54) is 5.56 Å². The first-order valence-corrected chi connectivity index (χ1v) is 12.5. The van der Waals surface area contributed by atoms with Crippen molar-refractivity contribution in [1.82, 2.24) is 0 Å². The molecule has 0 atom stereocenters. The largest absolute Gasteiger partial charge is 0.567 e. The molecule has 1 aromatic carbocycles. The van der Waals surface area contributed by atoms with Crippen LogP contribution in [-0.2, 0) is 17.4 Å². The molecule has 0 saturated heterocycles. The molecule has 1 heterocycles. The third kappa shape index (κ3) is 5.60. The fraction of sp³-hybridized carbons (Fsp3) is 0.143. The van der Waals surface area contributed by atoms with Crippen LogP contribution in [-0.4, -0.2) is 0 Å². The maximum atomic E-state index is 5.00. The molecule has 2 rings (SSSR count). The van der Waals surface area contributed by atoms with E-state index in [1.54, 1.807) is 0 Å². The van der Waals surface area contributed by atoms with Gasteiger partial charge in [0.05, 0.1) is 0 Å². The first-order valence-electron chi connectivity index (χ1n) is 3.51. The average Bonchev–Trinajstić information content (AvgIpc) is 2.47. The molecule has 2 nitrogen and oxygen atoms in total. The summed E-state index contributed by atoms with van der Waals surface area (Å²) in [4.78, 5) is 0. The van der Waals surface area contributed by atoms with Crippen molar-refractivity contribution < 1.29 is 10.8 Å². The van der Waals surface area contributed by atoms with Crippen LogP contribution in [0.4, 0.5) is 5.69 Å². The molecule has 0 aliphatic carbocycles. The van der Waals surface area contributed by atoms with Gasteiger partial charge < -0.3 is 10.9 Å². The zero-order chi connectivity index (χ0) is 10.6. The van der Waals surface area contributed by atoms with E-state index >= 15 is 0 Å². The summed E-state index contributed by atoms with van der Waals surface area (Å²) in [7, 11) is 17.0. The molecule has 0 unspecified atom stereocenters. The van der Waals surface area contributed by atoms with E-state index in [0.29, 0.717) is 0 Å². The van der Waals surface area contributed by atoms with Gasteiger partial charge in [0.1, 0.15) is 0 Å². The van der Waals surface area contributed by atoms with Crippen LogP contribution in [0.15, 0.2) is 24.3 Å². The minimum absolute atomic E-state index is 0.816. The Balaban J connectivity index is 0.000000171. The topological polar surface area (TPSA) is 26.1 Å². The third-order valence-corrected chi connectivity index (χ3v) is 1.47. The molecule has 1 aliphatic heterocycles.